The molecule has 0 radical (unpaired) electrons. The lowest BCUT2D eigenvalue weighted by Crippen LogP contribution is -2.48. The summed E-state index contributed by atoms with van der Waals surface area (Å²) in [6.45, 7) is 11.3. The fourth-order valence-corrected chi connectivity index (χ4v) is 4.94. The molecular weight excluding hydrogens is 430 g/mol. The molecule has 0 unspecified atom stereocenters. The van der Waals surface area contributed by atoms with Gasteiger partial charge in [-0.2, -0.15) is 0 Å². The Morgan fingerprint density at radius 1 is 1.12 bits per heavy atom. The number of pyridine rings is 1. The van der Waals surface area contributed by atoms with E-state index in [4.69, 9.17) is 9.47 Å². The van der Waals surface area contributed by atoms with Gasteiger partial charge in [0.25, 0.3) is 0 Å². The van der Waals surface area contributed by atoms with Crippen molar-refractivity contribution in [2.24, 2.45) is 0 Å². The number of hydrogen-bond acceptors (Lipinski definition) is 6. The predicted octanol–water partition coefficient (Wildman–Crippen LogP) is 4.38. The molecule has 5 rings (SSSR count). The van der Waals surface area contributed by atoms with Crippen LogP contribution >= 0.6 is 0 Å². The van der Waals surface area contributed by atoms with Crippen LogP contribution in [-0.4, -0.2) is 67.0 Å². The number of rotatable bonds is 2. The number of nitrogens with zero attached hydrogens (tertiary/aromatic N) is 4. The van der Waals surface area contributed by atoms with E-state index in [9.17, 15) is 4.79 Å². The molecule has 0 aliphatic carbocycles. The number of fused-ring (bicyclic) bond motifs is 2. The van der Waals surface area contributed by atoms with Gasteiger partial charge in [0.15, 0.2) is 0 Å². The summed E-state index contributed by atoms with van der Waals surface area (Å²) in [4.78, 5) is 24.6. The quantitative estimate of drug-likeness (QED) is 0.710. The van der Waals surface area contributed by atoms with E-state index >= 15 is 0 Å². The van der Waals surface area contributed by atoms with E-state index in [0.717, 1.165) is 67.6 Å². The van der Waals surface area contributed by atoms with E-state index < -0.39 is 0 Å². The van der Waals surface area contributed by atoms with Gasteiger partial charge in [-0.25, -0.2) is 9.78 Å². The summed E-state index contributed by atoms with van der Waals surface area (Å²) in [5.74, 6) is 0.801. The Bertz CT molecular complexity index is 1020. The Morgan fingerprint density at radius 3 is 2.62 bits per heavy atom. The molecule has 0 spiro atoms. The third-order valence-corrected chi connectivity index (χ3v) is 6.58. The molecule has 8 nitrogen and oxygen atoms in total. The lowest BCUT2D eigenvalue weighted by molar-refractivity contribution is -0.0782. The van der Waals surface area contributed by atoms with Crippen molar-refractivity contribution in [2.45, 2.75) is 51.9 Å². The van der Waals surface area contributed by atoms with Crippen LogP contribution in [0.4, 0.5) is 27.7 Å². The summed E-state index contributed by atoms with van der Waals surface area (Å²) in [6.07, 6.45) is 3.69. The smallest absolute Gasteiger partial charge is 0.324 e. The van der Waals surface area contributed by atoms with Crippen molar-refractivity contribution in [1.82, 2.24) is 9.88 Å². The van der Waals surface area contributed by atoms with Crippen molar-refractivity contribution in [3.63, 3.8) is 0 Å². The van der Waals surface area contributed by atoms with Gasteiger partial charge >= 0.3 is 6.03 Å². The summed E-state index contributed by atoms with van der Waals surface area (Å²) in [6, 6.07) is 10.3. The zero-order valence-electron chi connectivity index (χ0n) is 20.4. The number of aromatic nitrogens is 1. The number of ether oxygens (including phenoxy) is 2. The number of piperidine rings is 1. The first-order chi connectivity index (χ1) is 16.4. The van der Waals surface area contributed by atoms with E-state index in [1.165, 1.54) is 0 Å². The van der Waals surface area contributed by atoms with Crippen molar-refractivity contribution in [1.29, 1.82) is 0 Å². The first kappa shape index (κ1) is 22.9. The third-order valence-electron chi connectivity index (χ3n) is 6.58. The van der Waals surface area contributed by atoms with Crippen molar-refractivity contribution >= 4 is 28.9 Å². The number of likely N-dealkylation sites (tertiary alicyclic amines) is 1. The van der Waals surface area contributed by atoms with E-state index in [-0.39, 0.29) is 17.7 Å². The number of hydrogen-bond donors (Lipinski definition) is 1. The van der Waals surface area contributed by atoms with Crippen LogP contribution in [0.15, 0.2) is 36.5 Å². The maximum atomic E-state index is 13.9. The van der Waals surface area contributed by atoms with Gasteiger partial charge in [-0.05, 0) is 57.9 Å². The molecule has 1 aromatic heterocycles. The third kappa shape index (κ3) is 4.98. The highest BCUT2D eigenvalue weighted by molar-refractivity contribution is 5.98. The highest BCUT2D eigenvalue weighted by Gasteiger charge is 2.32. The van der Waals surface area contributed by atoms with E-state index in [1.54, 1.807) is 6.20 Å². The number of nitrogens with one attached hydrogen (secondary N) is 1. The van der Waals surface area contributed by atoms with E-state index in [0.29, 0.717) is 19.6 Å². The first-order valence-electron chi connectivity index (χ1n) is 12.3. The topological polar surface area (TPSA) is 70.2 Å². The van der Waals surface area contributed by atoms with Crippen LogP contribution in [-0.2, 0) is 16.0 Å². The zero-order valence-corrected chi connectivity index (χ0v) is 20.4. The molecule has 2 fully saturated rings. The van der Waals surface area contributed by atoms with Crippen LogP contribution in [0.1, 0.15) is 39.2 Å². The fourth-order valence-electron chi connectivity index (χ4n) is 4.94. The largest absolute Gasteiger partial charge is 0.378 e. The minimum absolute atomic E-state index is 0.0353. The summed E-state index contributed by atoms with van der Waals surface area (Å²) < 4.78 is 11.7. The number of carbonyl (C=O) groups is 1. The van der Waals surface area contributed by atoms with Gasteiger partial charge in [0.2, 0.25) is 0 Å². The fraction of sp³-hybridized carbons (Fsp3) is 0.538. The van der Waals surface area contributed by atoms with Gasteiger partial charge in [-0.15, -0.1) is 0 Å². The van der Waals surface area contributed by atoms with Crippen LogP contribution < -0.4 is 15.1 Å². The van der Waals surface area contributed by atoms with Gasteiger partial charge < -0.3 is 24.6 Å². The lowest BCUT2D eigenvalue weighted by Gasteiger charge is -2.38. The van der Waals surface area contributed by atoms with Crippen LogP contribution in [0.5, 0.6) is 0 Å². The molecule has 2 saturated heterocycles. The highest BCUT2D eigenvalue weighted by Crippen LogP contribution is 2.38. The molecule has 0 atom stereocenters. The second kappa shape index (κ2) is 9.43. The highest BCUT2D eigenvalue weighted by atomic mass is 16.5. The minimum atomic E-state index is -0.168. The van der Waals surface area contributed by atoms with Crippen LogP contribution in [0.25, 0.3) is 0 Å². The lowest BCUT2D eigenvalue weighted by atomic mass is 10.1. The Morgan fingerprint density at radius 2 is 1.88 bits per heavy atom. The Balaban J connectivity index is 1.42. The number of amides is 2. The average molecular weight is 466 g/mol. The Kier molecular flexibility index (Phi) is 6.36. The second-order valence-electron chi connectivity index (χ2n) is 10.2. The second-order valence-corrected chi connectivity index (χ2v) is 10.2. The van der Waals surface area contributed by atoms with Gasteiger partial charge in [0.1, 0.15) is 5.82 Å². The molecule has 34 heavy (non-hydrogen) atoms. The van der Waals surface area contributed by atoms with Crippen LogP contribution in [0, 0.1) is 0 Å². The molecule has 3 aliphatic heterocycles. The molecule has 4 heterocycles. The molecule has 0 bridgehead atoms. The zero-order chi connectivity index (χ0) is 23.7. The molecule has 8 heteroatoms. The molecule has 0 saturated carbocycles. The number of benzene rings is 1. The molecule has 2 aromatic rings. The van der Waals surface area contributed by atoms with Crippen molar-refractivity contribution in [3.8, 4) is 0 Å². The SMILES string of the molecule is CC(C)(C)OC1CCN(C(=O)N2Cc3cccnc3Nc3ccc(N4CCOCC4)cc32)CC1. The molecule has 182 valence electrons. The van der Waals surface area contributed by atoms with Gasteiger partial charge in [-0.1, -0.05) is 6.07 Å². The predicted molar refractivity (Wildman–Crippen MR) is 134 cm³/mol. The number of carbonyl (C=O) groups excluding carboxylic acids is 1. The van der Waals surface area contributed by atoms with E-state index in [1.807, 2.05) is 21.9 Å². The number of anilines is 4. The molecule has 1 aromatic carbocycles. The minimum Gasteiger partial charge on any atom is -0.378 e. The Hall–Kier alpha value is -2.84. The summed E-state index contributed by atoms with van der Waals surface area (Å²) in [5.41, 5.74) is 3.73. The molecule has 2 amide bonds. The van der Waals surface area contributed by atoms with Crippen molar-refractivity contribution in [3.05, 3.63) is 42.1 Å². The van der Waals surface area contributed by atoms with Gasteiger partial charge in [0, 0.05) is 43.6 Å². The maximum Gasteiger partial charge on any atom is 0.324 e. The average Bonchev–Trinajstić information content (AvgIpc) is 3.00. The number of urea groups is 1. The molecular formula is C26H35N5O3. The number of morpholine rings is 1. The normalized spacial score (nSPS) is 19.2. The first-order valence-corrected chi connectivity index (χ1v) is 12.3. The van der Waals surface area contributed by atoms with Crippen LogP contribution in [0.3, 0.4) is 0 Å². The van der Waals surface area contributed by atoms with Crippen molar-refractivity contribution < 1.29 is 14.3 Å². The summed E-state index contributed by atoms with van der Waals surface area (Å²) in [7, 11) is 0. The van der Waals surface area contributed by atoms with Crippen LogP contribution in [0.2, 0.25) is 0 Å². The van der Waals surface area contributed by atoms with Gasteiger partial charge in [-0.3, -0.25) is 4.90 Å². The maximum absolute atomic E-state index is 13.9. The molecule has 1 N–H and O–H groups in total. The van der Waals surface area contributed by atoms with E-state index in [2.05, 4.69) is 54.2 Å². The van der Waals surface area contributed by atoms with Crippen molar-refractivity contribution in [2.75, 3.05) is 54.5 Å². The standard InChI is InChI=1S/C26H35N5O3/c1-26(2,3)34-21-8-11-30(12-9-21)25(32)31-18-19-5-4-10-27-24(19)28-22-7-6-20(17-23(22)31)29-13-15-33-16-14-29/h4-7,10,17,21H,8-9,11-16,18H2,1-3H3,(H,27,28). The molecule has 3 aliphatic rings. The van der Waals surface area contributed by atoms with Gasteiger partial charge in [0.05, 0.1) is 42.8 Å². The monoisotopic (exact) mass is 465 g/mol. The summed E-state index contributed by atoms with van der Waals surface area (Å²) in [5, 5.41) is 3.47. The summed E-state index contributed by atoms with van der Waals surface area (Å²) >= 11 is 0. The Labute approximate surface area is 201 Å².